The zero-order valence-electron chi connectivity index (χ0n) is 16.9. The van der Waals surface area contributed by atoms with Crippen LogP contribution >= 0.6 is 11.3 Å². The van der Waals surface area contributed by atoms with Gasteiger partial charge in [-0.1, -0.05) is 17.4 Å². The van der Waals surface area contributed by atoms with Gasteiger partial charge in [0, 0.05) is 36.7 Å². The topological polar surface area (TPSA) is 100 Å². The summed E-state index contributed by atoms with van der Waals surface area (Å²) in [5, 5.41) is 6.26. The molecule has 9 heteroatoms. The Morgan fingerprint density at radius 3 is 2.34 bits per heavy atom. The first-order chi connectivity index (χ1) is 13.7. The molecule has 0 radical (unpaired) electrons. The molecule has 3 aromatic rings. The normalized spacial score (nSPS) is 10.5. The van der Waals surface area contributed by atoms with Crippen molar-refractivity contribution in [3.8, 4) is 0 Å². The molecule has 0 aliphatic heterocycles. The number of rotatable bonds is 5. The van der Waals surface area contributed by atoms with Crippen molar-refractivity contribution in [2.45, 2.75) is 20.8 Å². The van der Waals surface area contributed by atoms with Crippen molar-refractivity contribution in [2.75, 3.05) is 24.7 Å². The first-order valence-corrected chi connectivity index (χ1v) is 9.74. The lowest BCUT2D eigenvalue weighted by Gasteiger charge is -2.08. The van der Waals surface area contributed by atoms with Crippen LogP contribution in [0.2, 0.25) is 0 Å². The van der Waals surface area contributed by atoms with E-state index >= 15 is 0 Å². The molecule has 3 rings (SSSR count). The van der Waals surface area contributed by atoms with Crippen molar-refractivity contribution in [3.05, 3.63) is 57.9 Å². The van der Waals surface area contributed by atoms with Crippen molar-refractivity contribution in [3.63, 3.8) is 0 Å². The number of anilines is 3. The third-order valence-electron chi connectivity index (χ3n) is 3.98. The molecule has 29 heavy (non-hydrogen) atoms. The lowest BCUT2D eigenvalue weighted by atomic mass is 10.2. The molecule has 1 aromatic carbocycles. The molecule has 2 heterocycles. The van der Waals surface area contributed by atoms with E-state index in [0.717, 1.165) is 22.7 Å². The predicted octanol–water partition coefficient (Wildman–Crippen LogP) is 3.56. The summed E-state index contributed by atoms with van der Waals surface area (Å²) >= 11 is 1.16. The highest BCUT2D eigenvalue weighted by Gasteiger charge is 2.18. The Hall–Kier alpha value is -3.33. The average molecular weight is 411 g/mol. The van der Waals surface area contributed by atoms with Gasteiger partial charge < -0.3 is 10.2 Å². The van der Waals surface area contributed by atoms with E-state index in [-0.39, 0.29) is 11.8 Å². The van der Waals surface area contributed by atoms with Crippen molar-refractivity contribution < 1.29 is 9.59 Å². The van der Waals surface area contributed by atoms with Crippen molar-refractivity contribution >= 4 is 39.9 Å². The predicted molar refractivity (Wildman–Crippen MR) is 114 cm³/mol. The molecule has 2 aromatic heterocycles. The Kier molecular flexibility index (Phi) is 5.88. The molecule has 8 nitrogen and oxygen atoms in total. The Labute approximate surface area is 173 Å². The number of nitrogens with zero attached hydrogens (tertiary/aromatic N) is 4. The van der Waals surface area contributed by atoms with E-state index in [1.165, 1.54) is 4.90 Å². The van der Waals surface area contributed by atoms with Gasteiger partial charge in [-0.15, -0.1) is 0 Å². The molecule has 0 spiro atoms. The lowest BCUT2D eigenvalue weighted by Crippen LogP contribution is -2.21. The fraction of sp³-hybridized carbons (Fsp3) is 0.250. The zero-order valence-corrected chi connectivity index (χ0v) is 17.7. The first-order valence-electron chi connectivity index (χ1n) is 8.92. The van der Waals surface area contributed by atoms with Gasteiger partial charge in [0.1, 0.15) is 4.88 Å². The second-order valence-electron chi connectivity index (χ2n) is 6.77. The average Bonchev–Trinajstić information content (AvgIpc) is 3.00. The number of benzene rings is 1. The van der Waals surface area contributed by atoms with Crippen molar-refractivity contribution in [1.29, 1.82) is 0 Å². The van der Waals surface area contributed by atoms with Gasteiger partial charge in [-0.3, -0.25) is 14.9 Å². The smallest absolute Gasteiger partial charge is 0.265 e. The third-order valence-corrected chi connectivity index (χ3v) is 5.04. The van der Waals surface area contributed by atoms with E-state index in [1.807, 2.05) is 26.0 Å². The summed E-state index contributed by atoms with van der Waals surface area (Å²) in [7, 11) is 3.36. The summed E-state index contributed by atoms with van der Waals surface area (Å²) in [6.07, 6.45) is 0. The van der Waals surface area contributed by atoms with Crippen molar-refractivity contribution in [2.24, 2.45) is 0 Å². The van der Waals surface area contributed by atoms with E-state index < -0.39 is 0 Å². The van der Waals surface area contributed by atoms with Gasteiger partial charge in [-0.05, 0) is 45.0 Å². The fourth-order valence-corrected chi connectivity index (χ4v) is 3.65. The Morgan fingerprint density at radius 1 is 1.00 bits per heavy atom. The fourth-order valence-electron chi connectivity index (χ4n) is 2.67. The lowest BCUT2D eigenvalue weighted by molar-refractivity contribution is 0.0831. The highest BCUT2D eigenvalue weighted by Crippen LogP contribution is 2.24. The van der Waals surface area contributed by atoms with Crippen LogP contribution in [0.4, 0.5) is 16.8 Å². The number of thiazole rings is 1. The third kappa shape index (κ3) is 4.94. The minimum atomic E-state index is -0.312. The highest BCUT2D eigenvalue weighted by molar-refractivity contribution is 7.17. The maximum Gasteiger partial charge on any atom is 0.265 e. The SMILES string of the molecule is Cc1cc(C)nc(Nc2cccc(C(=O)Nc3nc(C)c(C(=O)N(C)C)s3)c2)n1. The molecule has 0 aliphatic carbocycles. The maximum atomic E-state index is 12.7. The number of hydrogen-bond acceptors (Lipinski definition) is 7. The summed E-state index contributed by atoms with van der Waals surface area (Å²) in [6.45, 7) is 5.54. The van der Waals surface area contributed by atoms with Crippen LogP contribution in [0.25, 0.3) is 0 Å². The summed E-state index contributed by atoms with van der Waals surface area (Å²) in [5.74, 6) is 0.0233. The van der Waals surface area contributed by atoms with Crippen LogP contribution in [0, 0.1) is 20.8 Å². The Morgan fingerprint density at radius 2 is 1.69 bits per heavy atom. The number of aromatic nitrogens is 3. The maximum absolute atomic E-state index is 12.7. The van der Waals surface area contributed by atoms with Gasteiger partial charge in [0.15, 0.2) is 5.13 Å². The van der Waals surface area contributed by atoms with Crippen LogP contribution < -0.4 is 10.6 Å². The van der Waals surface area contributed by atoms with E-state index in [2.05, 4.69) is 25.6 Å². The largest absolute Gasteiger partial charge is 0.344 e. The van der Waals surface area contributed by atoms with E-state index in [1.54, 1.807) is 39.2 Å². The van der Waals surface area contributed by atoms with Gasteiger partial charge in [-0.2, -0.15) is 0 Å². The van der Waals surface area contributed by atoms with Gasteiger partial charge in [-0.25, -0.2) is 15.0 Å². The number of hydrogen-bond donors (Lipinski definition) is 2. The van der Waals surface area contributed by atoms with Crippen LogP contribution in [-0.4, -0.2) is 45.8 Å². The molecule has 0 fully saturated rings. The molecule has 2 N–H and O–H groups in total. The monoisotopic (exact) mass is 410 g/mol. The van der Waals surface area contributed by atoms with Gasteiger partial charge in [0.25, 0.3) is 11.8 Å². The Bertz CT molecular complexity index is 1060. The minimum Gasteiger partial charge on any atom is -0.344 e. The molecule has 0 atom stereocenters. The van der Waals surface area contributed by atoms with Gasteiger partial charge in [0.05, 0.1) is 5.69 Å². The van der Waals surface area contributed by atoms with E-state index in [4.69, 9.17) is 0 Å². The molecule has 0 saturated heterocycles. The van der Waals surface area contributed by atoms with Crippen LogP contribution in [0.5, 0.6) is 0 Å². The van der Waals surface area contributed by atoms with Crippen molar-refractivity contribution in [1.82, 2.24) is 19.9 Å². The molecule has 0 unspecified atom stereocenters. The first kappa shape index (κ1) is 20.4. The molecule has 0 aliphatic rings. The second kappa shape index (κ2) is 8.36. The van der Waals surface area contributed by atoms with Crippen LogP contribution in [0.15, 0.2) is 30.3 Å². The summed E-state index contributed by atoms with van der Waals surface area (Å²) in [6, 6.07) is 8.91. The molecular formula is C20H22N6O2S. The molecule has 0 bridgehead atoms. The van der Waals surface area contributed by atoms with Gasteiger partial charge >= 0.3 is 0 Å². The standard InChI is InChI=1S/C20H22N6O2S/c1-11-9-12(2)22-19(21-11)24-15-8-6-7-14(10-15)17(27)25-20-23-13(3)16(29-20)18(28)26(4)5/h6-10H,1-5H3,(H,21,22,24)(H,23,25,27). The molecule has 150 valence electrons. The summed E-state index contributed by atoms with van der Waals surface area (Å²) < 4.78 is 0. The number of carbonyl (C=O) groups excluding carboxylic acids is 2. The molecular weight excluding hydrogens is 388 g/mol. The van der Waals surface area contributed by atoms with Crippen LogP contribution in [-0.2, 0) is 0 Å². The van der Waals surface area contributed by atoms with Gasteiger partial charge in [0.2, 0.25) is 5.95 Å². The number of aryl methyl sites for hydroxylation is 3. The minimum absolute atomic E-state index is 0.139. The van der Waals surface area contributed by atoms with E-state index in [9.17, 15) is 9.59 Å². The quantitative estimate of drug-likeness (QED) is 0.667. The second-order valence-corrected chi connectivity index (χ2v) is 7.77. The van der Waals surface area contributed by atoms with Crippen LogP contribution in [0.1, 0.15) is 37.1 Å². The highest BCUT2D eigenvalue weighted by atomic mass is 32.1. The zero-order chi connectivity index (χ0) is 21.1. The van der Waals surface area contributed by atoms with Crippen LogP contribution in [0.3, 0.4) is 0 Å². The molecule has 2 amide bonds. The Balaban J connectivity index is 1.76. The molecule has 0 saturated carbocycles. The summed E-state index contributed by atoms with van der Waals surface area (Å²) in [5.41, 5.74) is 3.45. The summed E-state index contributed by atoms with van der Waals surface area (Å²) in [4.78, 5) is 39.8. The number of carbonyl (C=O) groups is 2. The number of nitrogens with one attached hydrogen (secondary N) is 2. The number of amides is 2. The van der Waals surface area contributed by atoms with E-state index in [0.29, 0.717) is 32.9 Å².